The Labute approximate surface area is 157 Å². The van der Waals surface area contributed by atoms with Crippen molar-refractivity contribution in [2.24, 2.45) is 5.92 Å². The van der Waals surface area contributed by atoms with Gasteiger partial charge in [0.25, 0.3) is 5.69 Å². The molecule has 0 saturated carbocycles. The minimum atomic E-state index is -0.452. The van der Waals surface area contributed by atoms with Gasteiger partial charge in [0.2, 0.25) is 0 Å². The zero-order valence-corrected chi connectivity index (χ0v) is 15.1. The molecule has 0 amide bonds. The van der Waals surface area contributed by atoms with Crippen molar-refractivity contribution in [3.63, 3.8) is 0 Å². The Hall–Kier alpha value is -2.13. The zero-order chi connectivity index (χ0) is 17.8. The third kappa shape index (κ3) is 4.53. The first-order valence-electron chi connectivity index (χ1n) is 8.09. The van der Waals surface area contributed by atoms with E-state index in [1.54, 1.807) is 24.3 Å². The summed E-state index contributed by atoms with van der Waals surface area (Å²) in [5.74, 6) is 1.72. The number of halogens is 1. The molecule has 142 valence electrons. The van der Waals surface area contributed by atoms with Gasteiger partial charge in [-0.25, -0.2) is 0 Å². The lowest BCUT2D eigenvalue weighted by Gasteiger charge is -2.13. The highest BCUT2D eigenvalue weighted by atomic mass is 35.5. The van der Waals surface area contributed by atoms with E-state index >= 15 is 0 Å². The standard InChI is InChI=1S/C17H21N3O5.ClH/c1-24-12-2-4-14(15(6-12)20(22)23)17-5-3-13(25-17)9-18-7-11-8-19-10-16(11)21;/h2-6,11,16,18-19,21H,7-10H2,1H3;1H. The Morgan fingerprint density at radius 1 is 1.38 bits per heavy atom. The summed E-state index contributed by atoms with van der Waals surface area (Å²) in [6.45, 7) is 2.58. The molecule has 8 nitrogen and oxygen atoms in total. The number of nitro benzene ring substituents is 1. The molecule has 1 aromatic carbocycles. The lowest BCUT2D eigenvalue weighted by atomic mass is 10.1. The van der Waals surface area contributed by atoms with E-state index in [9.17, 15) is 15.2 Å². The number of nitro groups is 1. The number of β-amino-alcohol motifs (C(OH)–C–C–N with tert-alkyl or cyclic N) is 1. The van der Waals surface area contributed by atoms with Gasteiger partial charge in [-0.05, 0) is 24.3 Å². The second-order valence-corrected chi connectivity index (χ2v) is 6.02. The maximum Gasteiger partial charge on any atom is 0.284 e. The molecule has 0 radical (unpaired) electrons. The predicted octanol–water partition coefficient (Wildman–Crippen LogP) is 1.96. The summed E-state index contributed by atoms with van der Waals surface area (Å²) in [5, 5.41) is 27.4. The molecule has 2 atom stereocenters. The molecular weight excluding hydrogens is 362 g/mol. The van der Waals surface area contributed by atoms with E-state index in [1.165, 1.54) is 13.2 Å². The van der Waals surface area contributed by atoms with Crippen LogP contribution >= 0.6 is 12.4 Å². The number of rotatable bonds is 7. The van der Waals surface area contributed by atoms with E-state index in [1.807, 2.05) is 0 Å². The first-order chi connectivity index (χ1) is 12.1. The highest BCUT2D eigenvalue weighted by molar-refractivity contribution is 5.85. The van der Waals surface area contributed by atoms with Crippen molar-refractivity contribution in [2.45, 2.75) is 12.6 Å². The second-order valence-electron chi connectivity index (χ2n) is 6.02. The van der Waals surface area contributed by atoms with Gasteiger partial charge in [0.1, 0.15) is 17.3 Å². The number of hydrogen-bond donors (Lipinski definition) is 3. The summed E-state index contributed by atoms with van der Waals surface area (Å²) >= 11 is 0. The van der Waals surface area contributed by atoms with E-state index in [0.717, 1.165) is 6.54 Å². The summed E-state index contributed by atoms with van der Waals surface area (Å²) in [6, 6.07) is 8.17. The number of aliphatic hydroxyl groups excluding tert-OH is 1. The topological polar surface area (TPSA) is 110 Å². The summed E-state index contributed by atoms with van der Waals surface area (Å²) in [6.07, 6.45) is -0.332. The van der Waals surface area contributed by atoms with Crippen LogP contribution in [0.4, 0.5) is 5.69 Å². The smallest absolute Gasteiger partial charge is 0.284 e. The monoisotopic (exact) mass is 383 g/mol. The van der Waals surface area contributed by atoms with Crippen molar-refractivity contribution in [1.29, 1.82) is 0 Å². The van der Waals surface area contributed by atoms with Crippen molar-refractivity contribution in [2.75, 3.05) is 26.7 Å². The van der Waals surface area contributed by atoms with Crippen LogP contribution in [0.15, 0.2) is 34.7 Å². The minimum absolute atomic E-state index is 0. The molecule has 3 N–H and O–H groups in total. The molecule has 2 heterocycles. The number of aliphatic hydroxyl groups is 1. The van der Waals surface area contributed by atoms with Crippen LogP contribution in [0.1, 0.15) is 5.76 Å². The normalized spacial score (nSPS) is 19.2. The van der Waals surface area contributed by atoms with Crippen LogP contribution < -0.4 is 15.4 Å². The van der Waals surface area contributed by atoms with Gasteiger partial charge in [0, 0.05) is 25.6 Å². The molecule has 2 aromatic rings. The van der Waals surface area contributed by atoms with Crippen molar-refractivity contribution >= 4 is 18.1 Å². The molecular formula is C17H22ClN3O5. The van der Waals surface area contributed by atoms with Crippen LogP contribution in [0.25, 0.3) is 11.3 Å². The predicted molar refractivity (Wildman–Crippen MR) is 98.7 cm³/mol. The van der Waals surface area contributed by atoms with Gasteiger partial charge < -0.3 is 24.9 Å². The van der Waals surface area contributed by atoms with Crippen molar-refractivity contribution in [3.05, 3.63) is 46.2 Å². The van der Waals surface area contributed by atoms with Gasteiger partial charge in [-0.1, -0.05) is 0 Å². The Morgan fingerprint density at radius 2 is 2.19 bits per heavy atom. The fraction of sp³-hybridized carbons (Fsp3) is 0.412. The largest absolute Gasteiger partial charge is 0.497 e. The van der Waals surface area contributed by atoms with Gasteiger partial charge in [-0.2, -0.15) is 0 Å². The number of methoxy groups -OCH3 is 1. The third-order valence-electron chi connectivity index (χ3n) is 4.34. The molecule has 2 unspecified atom stereocenters. The Kier molecular flexibility index (Phi) is 6.98. The fourth-order valence-corrected chi connectivity index (χ4v) is 2.92. The highest BCUT2D eigenvalue weighted by Gasteiger charge is 2.24. The first kappa shape index (κ1) is 20.2. The van der Waals surface area contributed by atoms with E-state index in [-0.39, 0.29) is 30.1 Å². The molecule has 9 heteroatoms. The molecule has 1 aromatic heterocycles. The summed E-state index contributed by atoms with van der Waals surface area (Å²) in [4.78, 5) is 10.8. The Morgan fingerprint density at radius 3 is 2.85 bits per heavy atom. The molecule has 3 rings (SSSR count). The number of ether oxygens (including phenoxy) is 1. The quantitative estimate of drug-likeness (QED) is 0.495. The summed E-state index contributed by atoms with van der Waals surface area (Å²) in [7, 11) is 1.46. The molecule has 1 saturated heterocycles. The average Bonchev–Trinajstić information content (AvgIpc) is 3.24. The summed E-state index contributed by atoms with van der Waals surface area (Å²) < 4.78 is 10.8. The van der Waals surface area contributed by atoms with Crippen LogP contribution in [0.3, 0.4) is 0 Å². The number of nitrogens with one attached hydrogen (secondary N) is 2. The molecule has 0 bridgehead atoms. The molecule has 26 heavy (non-hydrogen) atoms. The second kappa shape index (κ2) is 9.00. The molecule has 0 aliphatic carbocycles. The van der Waals surface area contributed by atoms with Crippen LogP contribution in [-0.2, 0) is 6.54 Å². The van der Waals surface area contributed by atoms with Crippen LogP contribution in [0, 0.1) is 16.0 Å². The van der Waals surface area contributed by atoms with Crippen molar-refractivity contribution in [1.82, 2.24) is 10.6 Å². The summed E-state index contributed by atoms with van der Waals surface area (Å²) in [5.41, 5.74) is 0.348. The highest BCUT2D eigenvalue weighted by Crippen LogP contribution is 2.34. The number of nitrogens with zero attached hydrogens (tertiary/aromatic N) is 1. The van der Waals surface area contributed by atoms with Gasteiger partial charge in [0.05, 0.1) is 36.3 Å². The first-order valence-corrected chi connectivity index (χ1v) is 8.09. The van der Waals surface area contributed by atoms with E-state index in [4.69, 9.17) is 9.15 Å². The lowest BCUT2D eigenvalue weighted by Crippen LogP contribution is -2.30. The van der Waals surface area contributed by atoms with Gasteiger partial charge in [-0.3, -0.25) is 10.1 Å². The Balaban J connectivity index is 0.00000243. The molecule has 1 fully saturated rings. The van der Waals surface area contributed by atoms with Crippen LogP contribution in [0.2, 0.25) is 0 Å². The molecule has 1 aliphatic rings. The lowest BCUT2D eigenvalue weighted by molar-refractivity contribution is -0.384. The average molecular weight is 384 g/mol. The van der Waals surface area contributed by atoms with Crippen LogP contribution in [-0.4, -0.2) is 42.9 Å². The maximum atomic E-state index is 11.3. The molecule has 0 spiro atoms. The number of hydrogen-bond acceptors (Lipinski definition) is 7. The SMILES string of the molecule is COc1ccc(-c2ccc(CNCC3CNCC3O)o2)c([N+](=O)[O-])c1.Cl. The van der Waals surface area contributed by atoms with E-state index in [0.29, 0.717) is 42.5 Å². The van der Waals surface area contributed by atoms with Gasteiger partial charge in [-0.15, -0.1) is 12.4 Å². The fourth-order valence-electron chi connectivity index (χ4n) is 2.92. The van der Waals surface area contributed by atoms with Gasteiger partial charge >= 0.3 is 0 Å². The van der Waals surface area contributed by atoms with E-state index in [2.05, 4.69) is 10.6 Å². The van der Waals surface area contributed by atoms with Gasteiger partial charge in [0.15, 0.2) is 0 Å². The van der Waals surface area contributed by atoms with Crippen LogP contribution in [0.5, 0.6) is 5.75 Å². The third-order valence-corrected chi connectivity index (χ3v) is 4.34. The maximum absolute atomic E-state index is 11.3. The van der Waals surface area contributed by atoms with E-state index < -0.39 is 4.92 Å². The Bertz CT molecular complexity index is 752. The number of benzene rings is 1. The zero-order valence-electron chi connectivity index (χ0n) is 14.3. The molecule has 1 aliphatic heterocycles. The van der Waals surface area contributed by atoms with Crippen molar-refractivity contribution < 1.29 is 19.2 Å². The number of furan rings is 1. The van der Waals surface area contributed by atoms with Crippen molar-refractivity contribution in [3.8, 4) is 17.1 Å². The minimum Gasteiger partial charge on any atom is -0.497 e.